The molecule has 2 aromatic carbocycles. The van der Waals surface area contributed by atoms with Gasteiger partial charge in [0, 0.05) is 33.0 Å². The second-order valence-corrected chi connectivity index (χ2v) is 7.67. The molecular formula is C19H15BrClN3O5. The third kappa shape index (κ3) is 4.13. The number of imidazole rings is 1. The SMILES string of the molecule is O=[N+]([O-])Oc1nccn1CC1(c2ccc(Br)cc2)OCC(c2ccccc2Cl)O1. The van der Waals surface area contributed by atoms with Gasteiger partial charge in [-0.25, -0.2) is 9.82 Å². The van der Waals surface area contributed by atoms with E-state index in [4.69, 9.17) is 21.1 Å². The van der Waals surface area contributed by atoms with Gasteiger partial charge in [0.2, 0.25) is 5.79 Å². The summed E-state index contributed by atoms with van der Waals surface area (Å²) in [6.07, 6.45) is 2.57. The van der Waals surface area contributed by atoms with E-state index < -0.39 is 17.0 Å². The normalized spacial score (nSPS) is 21.2. The van der Waals surface area contributed by atoms with Crippen molar-refractivity contribution < 1.29 is 19.4 Å². The number of nitrogens with zero attached hydrogens (tertiary/aromatic N) is 3. The number of rotatable bonds is 6. The first-order chi connectivity index (χ1) is 14.0. The second-order valence-electron chi connectivity index (χ2n) is 6.35. The van der Waals surface area contributed by atoms with E-state index in [1.807, 2.05) is 42.5 Å². The van der Waals surface area contributed by atoms with Gasteiger partial charge in [0.15, 0.2) is 0 Å². The Balaban J connectivity index is 1.70. The molecule has 0 aliphatic carbocycles. The van der Waals surface area contributed by atoms with Crippen molar-refractivity contribution in [1.29, 1.82) is 0 Å². The van der Waals surface area contributed by atoms with Crippen LogP contribution in [-0.4, -0.2) is 21.2 Å². The number of hydrogen-bond acceptors (Lipinski definition) is 6. The molecule has 8 nitrogen and oxygen atoms in total. The summed E-state index contributed by atoms with van der Waals surface area (Å²) < 4.78 is 14.9. The summed E-state index contributed by atoms with van der Waals surface area (Å²) >= 11 is 9.76. The predicted octanol–water partition coefficient (Wildman–Crippen LogP) is 4.51. The van der Waals surface area contributed by atoms with Crippen LogP contribution in [0.4, 0.5) is 0 Å². The lowest BCUT2D eigenvalue weighted by Gasteiger charge is -2.29. The Hall–Kier alpha value is -2.46. The third-order valence-electron chi connectivity index (χ3n) is 4.55. The molecule has 1 fully saturated rings. The van der Waals surface area contributed by atoms with Gasteiger partial charge in [-0.15, -0.1) is 10.1 Å². The zero-order chi connectivity index (χ0) is 20.4. The largest absolute Gasteiger partial charge is 0.341 e. The molecule has 2 heterocycles. The highest BCUT2D eigenvalue weighted by Gasteiger charge is 2.45. The van der Waals surface area contributed by atoms with Crippen LogP contribution in [0.5, 0.6) is 6.01 Å². The molecule has 10 heteroatoms. The van der Waals surface area contributed by atoms with E-state index in [0.29, 0.717) is 5.02 Å². The molecule has 0 saturated carbocycles. The maximum Gasteiger partial charge on any atom is 0.302 e. The molecule has 4 rings (SSSR count). The topological polar surface area (TPSA) is 88.7 Å². The first-order valence-electron chi connectivity index (χ1n) is 8.62. The molecule has 3 aromatic rings. The molecule has 0 N–H and O–H groups in total. The first-order valence-corrected chi connectivity index (χ1v) is 9.80. The first kappa shape index (κ1) is 19.8. The van der Waals surface area contributed by atoms with Crippen molar-refractivity contribution in [3.8, 4) is 6.01 Å². The smallest absolute Gasteiger partial charge is 0.302 e. The van der Waals surface area contributed by atoms with Crippen molar-refractivity contribution in [3.05, 3.63) is 91.7 Å². The highest BCUT2D eigenvalue weighted by Crippen LogP contribution is 2.43. The minimum atomic E-state index is -1.21. The molecule has 0 amide bonds. The molecule has 1 saturated heterocycles. The van der Waals surface area contributed by atoms with Crippen molar-refractivity contribution in [2.24, 2.45) is 0 Å². The highest BCUT2D eigenvalue weighted by atomic mass is 79.9. The summed E-state index contributed by atoms with van der Waals surface area (Å²) in [5, 5.41) is 10.4. The Morgan fingerprint density at radius 2 is 2.07 bits per heavy atom. The van der Waals surface area contributed by atoms with Crippen LogP contribution in [0.25, 0.3) is 0 Å². The van der Waals surface area contributed by atoms with Crippen molar-refractivity contribution in [3.63, 3.8) is 0 Å². The van der Waals surface area contributed by atoms with Gasteiger partial charge < -0.3 is 14.0 Å². The molecule has 2 unspecified atom stereocenters. The molecule has 1 aromatic heterocycles. The minimum Gasteiger partial charge on any atom is -0.341 e. The van der Waals surface area contributed by atoms with Gasteiger partial charge in [-0.3, -0.25) is 0 Å². The Bertz CT molecular complexity index is 1030. The lowest BCUT2D eigenvalue weighted by atomic mass is 10.1. The zero-order valence-electron chi connectivity index (χ0n) is 14.9. The lowest BCUT2D eigenvalue weighted by molar-refractivity contribution is -0.713. The van der Waals surface area contributed by atoms with Crippen LogP contribution in [0.2, 0.25) is 5.02 Å². The molecule has 0 radical (unpaired) electrons. The van der Waals surface area contributed by atoms with E-state index in [-0.39, 0.29) is 19.2 Å². The van der Waals surface area contributed by atoms with Crippen LogP contribution < -0.4 is 4.84 Å². The van der Waals surface area contributed by atoms with Gasteiger partial charge in [0.1, 0.15) is 6.10 Å². The maximum absolute atomic E-state index is 10.8. The molecule has 2 atom stereocenters. The fourth-order valence-corrected chi connectivity index (χ4v) is 3.75. The Labute approximate surface area is 179 Å². The number of benzene rings is 2. The minimum absolute atomic E-state index is 0.0960. The summed E-state index contributed by atoms with van der Waals surface area (Å²) in [6.45, 7) is 0.360. The standard InChI is InChI=1S/C19H15BrClN3O5/c20-14-7-5-13(6-8-14)19(12-23-10-9-22-18(23)29-24(25)26)27-11-17(28-19)15-3-1-2-4-16(15)21/h1-10,17H,11-12H2. The molecule has 29 heavy (non-hydrogen) atoms. The van der Waals surface area contributed by atoms with E-state index in [9.17, 15) is 10.1 Å². The van der Waals surface area contributed by atoms with Crippen molar-refractivity contribution >= 4 is 27.5 Å². The molecular weight excluding hydrogens is 466 g/mol. The fraction of sp³-hybridized carbons (Fsp3) is 0.211. The van der Waals surface area contributed by atoms with E-state index in [1.165, 1.54) is 10.8 Å². The van der Waals surface area contributed by atoms with Gasteiger partial charge in [-0.1, -0.05) is 57.9 Å². The highest BCUT2D eigenvalue weighted by molar-refractivity contribution is 9.10. The predicted molar refractivity (Wildman–Crippen MR) is 107 cm³/mol. The molecule has 1 aliphatic heterocycles. The van der Waals surface area contributed by atoms with E-state index in [2.05, 4.69) is 25.8 Å². The average molecular weight is 481 g/mol. The van der Waals surface area contributed by atoms with Crippen LogP contribution >= 0.6 is 27.5 Å². The van der Waals surface area contributed by atoms with E-state index >= 15 is 0 Å². The second kappa shape index (κ2) is 8.11. The third-order valence-corrected chi connectivity index (χ3v) is 5.42. The summed E-state index contributed by atoms with van der Waals surface area (Å²) in [5.74, 6) is -1.21. The molecule has 1 aliphatic rings. The van der Waals surface area contributed by atoms with Crippen LogP contribution in [0, 0.1) is 10.1 Å². The Morgan fingerprint density at radius 3 is 2.79 bits per heavy atom. The maximum atomic E-state index is 10.8. The fourth-order valence-electron chi connectivity index (χ4n) is 3.23. The van der Waals surface area contributed by atoms with Crippen LogP contribution in [-0.2, 0) is 21.8 Å². The van der Waals surface area contributed by atoms with Gasteiger partial charge in [-0.05, 0) is 18.2 Å². The number of ether oxygens (including phenoxy) is 2. The average Bonchev–Trinajstić information content (AvgIpc) is 3.30. The summed E-state index contributed by atoms with van der Waals surface area (Å²) in [7, 11) is 0. The van der Waals surface area contributed by atoms with E-state index in [0.717, 1.165) is 15.6 Å². The van der Waals surface area contributed by atoms with E-state index in [1.54, 1.807) is 12.3 Å². The quantitative estimate of drug-likeness (QED) is 0.381. The zero-order valence-corrected chi connectivity index (χ0v) is 17.2. The van der Waals surface area contributed by atoms with Gasteiger partial charge >= 0.3 is 5.09 Å². The van der Waals surface area contributed by atoms with Crippen LogP contribution in [0.15, 0.2) is 65.4 Å². The summed E-state index contributed by atoms with van der Waals surface area (Å²) in [5.41, 5.74) is 1.55. The van der Waals surface area contributed by atoms with Gasteiger partial charge in [0.05, 0.1) is 13.2 Å². The van der Waals surface area contributed by atoms with Gasteiger partial charge in [0.25, 0.3) is 6.01 Å². The Morgan fingerprint density at radius 1 is 1.31 bits per heavy atom. The number of aromatic nitrogens is 2. The summed E-state index contributed by atoms with van der Waals surface area (Å²) in [6, 6.07) is 14.7. The van der Waals surface area contributed by atoms with Gasteiger partial charge in [-0.2, -0.15) is 0 Å². The molecule has 150 valence electrons. The number of halogens is 2. The lowest BCUT2D eigenvalue weighted by Crippen LogP contribution is -2.33. The number of hydrogen-bond donors (Lipinski definition) is 0. The Kier molecular flexibility index (Phi) is 5.55. The molecule has 0 bridgehead atoms. The van der Waals surface area contributed by atoms with Crippen molar-refractivity contribution in [1.82, 2.24) is 9.55 Å². The van der Waals surface area contributed by atoms with Crippen molar-refractivity contribution in [2.75, 3.05) is 6.61 Å². The monoisotopic (exact) mass is 479 g/mol. The van der Waals surface area contributed by atoms with Crippen LogP contribution in [0.3, 0.4) is 0 Å². The molecule has 0 spiro atoms. The van der Waals surface area contributed by atoms with Crippen LogP contribution in [0.1, 0.15) is 17.2 Å². The van der Waals surface area contributed by atoms with Crippen molar-refractivity contribution in [2.45, 2.75) is 18.4 Å². The summed E-state index contributed by atoms with van der Waals surface area (Å²) in [4.78, 5) is 19.2.